The largest absolute Gasteiger partial charge is 0.368 e. The highest BCUT2D eigenvalue weighted by Gasteiger charge is 2.22. The summed E-state index contributed by atoms with van der Waals surface area (Å²) in [5.41, 5.74) is 2.18. The van der Waals surface area contributed by atoms with Crippen molar-refractivity contribution >= 4 is 33.2 Å². The zero-order valence-electron chi connectivity index (χ0n) is 20.0. The predicted molar refractivity (Wildman–Crippen MR) is 136 cm³/mol. The second-order valence-corrected chi connectivity index (χ2v) is 10.6. The summed E-state index contributed by atoms with van der Waals surface area (Å²) < 4.78 is 28.6. The van der Waals surface area contributed by atoms with Gasteiger partial charge >= 0.3 is 0 Å². The number of nitrogens with zero attached hydrogens (tertiary/aromatic N) is 2. The maximum Gasteiger partial charge on any atom is 0.262 e. The molecule has 188 valence electrons. The zero-order valence-corrected chi connectivity index (χ0v) is 20.9. The first-order valence-corrected chi connectivity index (χ1v) is 13.6. The third-order valence-electron chi connectivity index (χ3n) is 6.40. The molecule has 0 bridgehead atoms. The number of sulfonamides is 1. The summed E-state index contributed by atoms with van der Waals surface area (Å²) in [6.07, 6.45) is 2.16. The van der Waals surface area contributed by atoms with E-state index in [0.717, 1.165) is 44.8 Å². The van der Waals surface area contributed by atoms with Crippen LogP contribution in [0.4, 0.5) is 11.4 Å². The van der Waals surface area contributed by atoms with E-state index in [9.17, 15) is 18.0 Å². The van der Waals surface area contributed by atoms with Gasteiger partial charge in [0.2, 0.25) is 5.91 Å². The van der Waals surface area contributed by atoms with E-state index in [1.165, 1.54) is 0 Å². The van der Waals surface area contributed by atoms with E-state index in [-0.39, 0.29) is 16.7 Å². The van der Waals surface area contributed by atoms with Gasteiger partial charge in [0.05, 0.1) is 10.5 Å². The van der Waals surface area contributed by atoms with Gasteiger partial charge in [0.25, 0.3) is 15.9 Å². The van der Waals surface area contributed by atoms with Crippen molar-refractivity contribution in [2.75, 3.05) is 55.4 Å². The lowest BCUT2D eigenvalue weighted by atomic mass is 10.1. The molecule has 2 saturated heterocycles. The number of anilines is 2. The van der Waals surface area contributed by atoms with Gasteiger partial charge in [-0.15, -0.1) is 0 Å². The third kappa shape index (κ3) is 6.12. The van der Waals surface area contributed by atoms with Crippen LogP contribution in [-0.2, 0) is 14.8 Å². The third-order valence-corrected chi connectivity index (χ3v) is 7.94. The molecule has 2 aromatic carbocycles. The smallest absolute Gasteiger partial charge is 0.262 e. The molecule has 0 spiro atoms. The summed E-state index contributed by atoms with van der Waals surface area (Å²) in [6.45, 7) is 6.72. The molecule has 2 aliphatic rings. The Balaban J connectivity index is 1.51. The van der Waals surface area contributed by atoms with Crippen LogP contribution < -0.4 is 20.3 Å². The number of hydrogen-bond donors (Lipinski definition) is 3. The topological polar surface area (TPSA) is 111 Å². The maximum absolute atomic E-state index is 13.2. The van der Waals surface area contributed by atoms with Gasteiger partial charge in [-0.2, -0.15) is 0 Å². The van der Waals surface area contributed by atoms with Crippen molar-refractivity contribution in [3.63, 3.8) is 0 Å². The lowest BCUT2D eigenvalue weighted by Gasteiger charge is -2.31. The Morgan fingerprint density at radius 2 is 1.86 bits per heavy atom. The molecule has 2 aromatic rings. The minimum atomic E-state index is -3.80. The molecule has 4 rings (SSSR count). The standard InChI is InChI=1S/C25H33N5O4S/c1-19-6-2-3-7-23(19)35(33,34)28-20-9-10-22(29-16-12-26-13-17-29)21(18-20)25(32)27-11-5-15-30-14-4-8-24(30)31/h2-3,6-7,9-10,18,26,28H,4-5,8,11-17H2,1H3,(H,27,32). The van der Waals surface area contributed by atoms with Crippen molar-refractivity contribution < 1.29 is 18.0 Å². The average molecular weight is 500 g/mol. The minimum absolute atomic E-state index is 0.172. The van der Waals surface area contributed by atoms with Crippen LogP contribution in [0.15, 0.2) is 47.4 Å². The summed E-state index contributed by atoms with van der Waals surface area (Å²) >= 11 is 0. The Labute approximate surface area is 206 Å². The van der Waals surface area contributed by atoms with Gasteiger partial charge in [-0.25, -0.2) is 8.42 Å². The molecule has 0 aliphatic carbocycles. The van der Waals surface area contributed by atoms with Gasteiger partial charge in [0.1, 0.15) is 0 Å². The van der Waals surface area contributed by atoms with E-state index in [0.29, 0.717) is 42.7 Å². The fraction of sp³-hybridized carbons (Fsp3) is 0.440. The van der Waals surface area contributed by atoms with Crippen molar-refractivity contribution in [1.82, 2.24) is 15.5 Å². The molecule has 0 atom stereocenters. The number of benzene rings is 2. The Morgan fingerprint density at radius 3 is 2.57 bits per heavy atom. The summed E-state index contributed by atoms with van der Waals surface area (Å²) in [6, 6.07) is 11.9. The highest BCUT2D eigenvalue weighted by atomic mass is 32.2. The van der Waals surface area contributed by atoms with Crippen molar-refractivity contribution in [3.8, 4) is 0 Å². The lowest BCUT2D eigenvalue weighted by molar-refractivity contribution is -0.127. The Kier molecular flexibility index (Phi) is 7.92. The van der Waals surface area contributed by atoms with E-state index in [4.69, 9.17) is 0 Å². The van der Waals surface area contributed by atoms with Gasteiger partial charge in [-0.05, 0) is 49.6 Å². The lowest BCUT2D eigenvalue weighted by Crippen LogP contribution is -2.44. The van der Waals surface area contributed by atoms with Crippen LogP contribution in [0, 0.1) is 6.92 Å². The van der Waals surface area contributed by atoms with Crippen LogP contribution in [0.3, 0.4) is 0 Å². The number of likely N-dealkylation sites (tertiary alicyclic amines) is 1. The molecule has 0 aromatic heterocycles. The van der Waals surface area contributed by atoms with Crippen LogP contribution >= 0.6 is 0 Å². The molecule has 0 radical (unpaired) electrons. The first-order valence-electron chi connectivity index (χ1n) is 12.1. The number of carbonyl (C=O) groups excluding carboxylic acids is 2. The fourth-order valence-electron chi connectivity index (χ4n) is 4.54. The maximum atomic E-state index is 13.2. The molecule has 2 heterocycles. The second-order valence-electron chi connectivity index (χ2n) is 8.93. The van der Waals surface area contributed by atoms with Gasteiger partial charge in [0, 0.05) is 63.6 Å². The normalized spacial score (nSPS) is 16.4. The van der Waals surface area contributed by atoms with Gasteiger partial charge in [-0.3, -0.25) is 14.3 Å². The molecule has 0 unspecified atom stereocenters. The number of aryl methyl sites for hydroxylation is 1. The number of rotatable bonds is 9. The van der Waals surface area contributed by atoms with E-state index in [2.05, 4.69) is 20.3 Å². The molecule has 10 heteroatoms. The van der Waals surface area contributed by atoms with E-state index in [1.807, 2.05) is 4.90 Å². The van der Waals surface area contributed by atoms with Crippen molar-refractivity contribution in [2.24, 2.45) is 0 Å². The molecular weight excluding hydrogens is 466 g/mol. The minimum Gasteiger partial charge on any atom is -0.368 e. The van der Waals surface area contributed by atoms with E-state index in [1.54, 1.807) is 49.4 Å². The summed E-state index contributed by atoms with van der Waals surface area (Å²) in [4.78, 5) is 29.2. The molecule has 2 amide bonds. The SMILES string of the molecule is Cc1ccccc1S(=O)(=O)Nc1ccc(N2CCNCC2)c(C(=O)NCCCN2CCCC2=O)c1. The highest BCUT2D eigenvalue weighted by Crippen LogP contribution is 2.27. The van der Waals surface area contributed by atoms with E-state index < -0.39 is 10.0 Å². The molecule has 0 saturated carbocycles. The molecular formula is C25H33N5O4S. The number of carbonyl (C=O) groups is 2. The zero-order chi connectivity index (χ0) is 24.8. The van der Waals surface area contributed by atoms with Crippen LogP contribution in [0.2, 0.25) is 0 Å². The van der Waals surface area contributed by atoms with Gasteiger partial charge < -0.3 is 20.4 Å². The quantitative estimate of drug-likeness (QED) is 0.455. The van der Waals surface area contributed by atoms with Crippen molar-refractivity contribution in [2.45, 2.75) is 31.1 Å². The fourth-order valence-corrected chi connectivity index (χ4v) is 5.84. The first-order chi connectivity index (χ1) is 16.8. The molecule has 2 aliphatic heterocycles. The second kappa shape index (κ2) is 11.1. The van der Waals surface area contributed by atoms with Crippen LogP contribution in [0.25, 0.3) is 0 Å². The molecule has 2 fully saturated rings. The molecule has 35 heavy (non-hydrogen) atoms. The highest BCUT2D eigenvalue weighted by molar-refractivity contribution is 7.92. The molecule has 9 nitrogen and oxygen atoms in total. The average Bonchev–Trinajstić information content (AvgIpc) is 3.26. The monoisotopic (exact) mass is 499 g/mol. The Bertz CT molecular complexity index is 1180. The number of hydrogen-bond acceptors (Lipinski definition) is 6. The Hall–Kier alpha value is -3.11. The summed E-state index contributed by atoms with van der Waals surface area (Å²) in [5, 5.41) is 6.26. The van der Waals surface area contributed by atoms with Crippen LogP contribution in [0.1, 0.15) is 35.2 Å². The summed E-state index contributed by atoms with van der Waals surface area (Å²) in [7, 11) is -3.80. The number of piperazine rings is 1. The number of nitrogens with one attached hydrogen (secondary N) is 3. The first kappa shape index (κ1) is 25.0. The van der Waals surface area contributed by atoms with Crippen LogP contribution in [-0.4, -0.2) is 70.9 Å². The van der Waals surface area contributed by atoms with Crippen molar-refractivity contribution in [3.05, 3.63) is 53.6 Å². The Morgan fingerprint density at radius 1 is 1.09 bits per heavy atom. The summed E-state index contributed by atoms with van der Waals surface area (Å²) in [5.74, 6) is -0.0887. The predicted octanol–water partition coefficient (Wildman–Crippen LogP) is 1.95. The van der Waals surface area contributed by atoms with Crippen molar-refractivity contribution in [1.29, 1.82) is 0 Å². The number of amides is 2. The molecule has 3 N–H and O–H groups in total. The van der Waals surface area contributed by atoms with Gasteiger partial charge in [-0.1, -0.05) is 18.2 Å². The van der Waals surface area contributed by atoms with Crippen LogP contribution in [0.5, 0.6) is 0 Å². The van der Waals surface area contributed by atoms with Gasteiger partial charge in [0.15, 0.2) is 0 Å². The van der Waals surface area contributed by atoms with E-state index >= 15 is 0 Å².